The van der Waals surface area contributed by atoms with E-state index >= 15 is 0 Å². The Bertz CT molecular complexity index is 1190. The summed E-state index contributed by atoms with van der Waals surface area (Å²) in [6, 6.07) is 12.3. The summed E-state index contributed by atoms with van der Waals surface area (Å²) in [5, 5.41) is 9.34. The number of ether oxygens (including phenoxy) is 2. The van der Waals surface area contributed by atoms with Crippen molar-refractivity contribution in [2.75, 3.05) is 23.8 Å². The fourth-order valence-corrected chi connectivity index (χ4v) is 8.12. The fraction of sp³-hybridized carbons (Fsp3) is 0.755. The van der Waals surface area contributed by atoms with Crippen LogP contribution in [0.15, 0.2) is 36.4 Å². The minimum atomic E-state index is -0.932. The maximum Gasteiger partial charge on any atom is 0.305 e. The minimum Gasteiger partial charge on any atom is -0.461 e. The topological polar surface area (TPSA) is 76.7 Å². The molecule has 1 aliphatic rings. The van der Waals surface area contributed by atoms with Crippen molar-refractivity contribution in [3.63, 3.8) is 0 Å². The molecule has 0 amide bonds. The monoisotopic (exact) mass is 763 g/mol. The second-order valence-electron chi connectivity index (χ2n) is 16.8. The number of nitrogens with one attached hydrogen (secondary N) is 2. The van der Waals surface area contributed by atoms with E-state index in [-0.39, 0.29) is 25.2 Å². The first-order valence-electron chi connectivity index (χ1n) is 23.5. The van der Waals surface area contributed by atoms with Crippen LogP contribution >= 0.6 is 0 Å². The minimum absolute atomic E-state index is 0.0710. The number of carbonyl (C=O) groups excluding carboxylic acids is 2. The molecule has 0 unspecified atom stereocenters. The molecule has 6 heteroatoms. The summed E-state index contributed by atoms with van der Waals surface area (Å²) in [6.45, 7) is 4.70. The van der Waals surface area contributed by atoms with Crippen LogP contribution in [0.3, 0.4) is 0 Å². The number of anilines is 2. The van der Waals surface area contributed by atoms with E-state index in [0.29, 0.717) is 12.8 Å². The number of unbranched alkanes of at least 4 members (excludes halogenated alkanes) is 28. The van der Waals surface area contributed by atoms with Gasteiger partial charge < -0.3 is 20.1 Å². The summed E-state index contributed by atoms with van der Waals surface area (Å²) >= 11 is 0. The van der Waals surface area contributed by atoms with Gasteiger partial charge in [-0.15, -0.1) is 0 Å². The molecule has 312 valence electrons. The van der Waals surface area contributed by atoms with Crippen LogP contribution in [-0.4, -0.2) is 30.8 Å². The van der Waals surface area contributed by atoms with Crippen molar-refractivity contribution in [3.8, 4) is 0 Å². The van der Waals surface area contributed by atoms with Gasteiger partial charge in [0, 0.05) is 29.6 Å². The van der Waals surface area contributed by atoms with Gasteiger partial charge in [-0.2, -0.15) is 0 Å². The highest BCUT2D eigenvalue weighted by Crippen LogP contribution is 2.38. The van der Waals surface area contributed by atoms with Gasteiger partial charge in [0.05, 0.1) is 0 Å². The van der Waals surface area contributed by atoms with E-state index in [1.165, 1.54) is 167 Å². The van der Waals surface area contributed by atoms with E-state index in [0.717, 1.165) is 47.8 Å². The largest absolute Gasteiger partial charge is 0.461 e. The van der Waals surface area contributed by atoms with Crippen LogP contribution in [0.4, 0.5) is 11.4 Å². The Hall–Kier alpha value is -2.76. The Morgan fingerprint density at radius 1 is 0.436 bits per heavy atom. The Kier molecular flexibility index (Phi) is 25.8. The number of rotatable bonds is 36. The highest BCUT2D eigenvalue weighted by molar-refractivity contribution is 6.05. The van der Waals surface area contributed by atoms with Crippen molar-refractivity contribution in [3.05, 3.63) is 36.4 Å². The van der Waals surface area contributed by atoms with E-state index in [1.54, 1.807) is 0 Å². The molecular weight excluding hydrogens is 681 g/mol. The van der Waals surface area contributed by atoms with Crippen molar-refractivity contribution in [1.82, 2.24) is 0 Å². The molecule has 1 aliphatic heterocycles. The van der Waals surface area contributed by atoms with Crippen LogP contribution in [0.1, 0.15) is 219 Å². The summed E-state index contributed by atoms with van der Waals surface area (Å²) in [5.41, 5.74) is 0.963. The second-order valence-corrected chi connectivity index (χ2v) is 16.8. The van der Waals surface area contributed by atoms with E-state index in [4.69, 9.17) is 9.47 Å². The van der Waals surface area contributed by atoms with Crippen molar-refractivity contribution in [1.29, 1.82) is 0 Å². The van der Waals surface area contributed by atoms with Crippen LogP contribution in [0.25, 0.3) is 10.8 Å². The lowest BCUT2D eigenvalue weighted by Crippen LogP contribution is -2.56. The molecule has 0 radical (unpaired) electrons. The summed E-state index contributed by atoms with van der Waals surface area (Å²) in [5.74, 6) is -0.391. The number of benzene rings is 2. The molecule has 0 atom stereocenters. The first-order valence-corrected chi connectivity index (χ1v) is 23.5. The normalized spacial score (nSPS) is 13.1. The molecule has 2 aromatic carbocycles. The Morgan fingerprint density at radius 3 is 1.04 bits per heavy atom. The third kappa shape index (κ3) is 20.8. The third-order valence-corrected chi connectivity index (χ3v) is 11.6. The third-order valence-electron chi connectivity index (χ3n) is 11.6. The second kappa shape index (κ2) is 30.4. The van der Waals surface area contributed by atoms with Crippen molar-refractivity contribution in [2.45, 2.75) is 225 Å². The Morgan fingerprint density at radius 2 is 0.727 bits per heavy atom. The van der Waals surface area contributed by atoms with Crippen LogP contribution in [0.5, 0.6) is 0 Å². The van der Waals surface area contributed by atoms with Gasteiger partial charge in [0.25, 0.3) is 0 Å². The zero-order valence-electron chi connectivity index (χ0n) is 35.6. The summed E-state index contributed by atoms with van der Waals surface area (Å²) in [6.07, 6.45) is 39.7. The zero-order chi connectivity index (χ0) is 39.1. The van der Waals surface area contributed by atoms with Crippen molar-refractivity contribution in [2.24, 2.45) is 0 Å². The van der Waals surface area contributed by atoms with Crippen LogP contribution < -0.4 is 10.6 Å². The van der Waals surface area contributed by atoms with Gasteiger partial charge in [-0.05, 0) is 30.4 Å². The first kappa shape index (κ1) is 46.6. The van der Waals surface area contributed by atoms with Gasteiger partial charge in [-0.3, -0.25) is 9.59 Å². The molecule has 0 bridgehead atoms. The van der Waals surface area contributed by atoms with Gasteiger partial charge in [0.15, 0.2) is 5.66 Å². The molecule has 2 aromatic rings. The smallest absolute Gasteiger partial charge is 0.305 e. The van der Waals surface area contributed by atoms with Crippen LogP contribution in [-0.2, 0) is 19.1 Å². The number of esters is 2. The molecule has 0 aromatic heterocycles. The Balaban J connectivity index is 1.29. The highest BCUT2D eigenvalue weighted by atomic mass is 16.6. The average molecular weight is 763 g/mol. The lowest BCUT2D eigenvalue weighted by atomic mass is 10.00. The quantitative estimate of drug-likeness (QED) is 0.0532. The van der Waals surface area contributed by atoms with E-state index in [1.807, 2.05) is 24.3 Å². The zero-order valence-corrected chi connectivity index (χ0v) is 35.6. The first-order chi connectivity index (χ1) is 27.1. The Labute approximate surface area is 337 Å². The number of hydrogen-bond donors (Lipinski definition) is 2. The van der Waals surface area contributed by atoms with Crippen LogP contribution in [0.2, 0.25) is 0 Å². The summed E-state index contributed by atoms with van der Waals surface area (Å²) < 4.78 is 11.8. The van der Waals surface area contributed by atoms with E-state index < -0.39 is 5.66 Å². The molecule has 0 spiro atoms. The molecule has 2 N–H and O–H groups in total. The lowest BCUT2D eigenvalue weighted by Gasteiger charge is -2.40. The lowest BCUT2D eigenvalue weighted by molar-refractivity contribution is -0.148. The average Bonchev–Trinajstić information content (AvgIpc) is 3.19. The summed E-state index contributed by atoms with van der Waals surface area (Å²) in [7, 11) is 0. The predicted molar refractivity (Wildman–Crippen MR) is 235 cm³/mol. The van der Waals surface area contributed by atoms with Gasteiger partial charge >= 0.3 is 11.9 Å². The standard InChI is InChI=1S/C49H82N2O4/c1-3-5-7-9-11-13-15-17-19-21-23-25-27-29-31-39-46(52)54-41-49(50-44-37-33-35-43-36-34-38-45(51-49)48(43)44)42-55-47(53)40-32-30-28-26-24-22-20-18-16-14-12-10-8-6-4-2/h33-38,50-51H,3-32,39-42H2,1-2H3. The van der Waals surface area contributed by atoms with Gasteiger partial charge in [0.1, 0.15) is 13.2 Å². The van der Waals surface area contributed by atoms with Gasteiger partial charge in [0.2, 0.25) is 0 Å². The molecule has 1 heterocycles. The van der Waals surface area contributed by atoms with E-state index in [9.17, 15) is 9.59 Å². The molecular formula is C49H82N2O4. The van der Waals surface area contributed by atoms with Gasteiger partial charge in [-0.25, -0.2) is 0 Å². The molecule has 55 heavy (non-hydrogen) atoms. The fourth-order valence-electron chi connectivity index (χ4n) is 8.12. The summed E-state index contributed by atoms with van der Waals surface area (Å²) in [4.78, 5) is 25.8. The molecule has 0 saturated heterocycles. The molecule has 0 saturated carbocycles. The molecule has 0 aliphatic carbocycles. The predicted octanol–water partition coefficient (Wildman–Crippen LogP) is 15.0. The number of hydrogen-bond acceptors (Lipinski definition) is 6. The van der Waals surface area contributed by atoms with Crippen molar-refractivity contribution < 1.29 is 19.1 Å². The maximum atomic E-state index is 12.9. The van der Waals surface area contributed by atoms with E-state index in [2.05, 4.69) is 36.6 Å². The number of carbonyl (C=O) groups is 2. The SMILES string of the molecule is CCCCCCCCCCCCCCCCCC(=O)OCC1(COC(=O)CCCCCCCCCCCCCCCCC)Nc2cccc3cccc(c23)N1. The van der Waals surface area contributed by atoms with Gasteiger partial charge in [-0.1, -0.05) is 218 Å². The molecule has 0 fully saturated rings. The molecule has 6 nitrogen and oxygen atoms in total. The van der Waals surface area contributed by atoms with Crippen molar-refractivity contribution >= 4 is 34.1 Å². The highest BCUT2D eigenvalue weighted by Gasteiger charge is 2.37. The van der Waals surface area contributed by atoms with Crippen LogP contribution in [0, 0.1) is 0 Å². The molecule has 3 rings (SSSR count). The maximum absolute atomic E-state index is 12.9.